The summed E-state index contributed by atoms with van der Waals surface area (Å²) >= 11 is 0. The quantitative estimate of drug-likeness (QED) is 0.809. The first-order chi connectivity index (χ1) is 8.54. The molecule has 2 aliphatic rings. The lowest BCUT2D eigenvalue weighted by Crippen LogP contribution is -2.60. The number of piperidine rings is 1. The van der Waals surface area contributed by atoms with E-state index in [1.54, 1.807) is 0 Å². The average molecular weight is 253 g/mol. The fourth-order valence-electron chi connectivity index (χ4n) is 3.08. The van der Waals surface area contributed by atoms with Crippen molar-refractivity contribution in [2.45, 2.75) is 39.7 Å². The Kier molecular flexibility index (Phi) is 4.28. The fourth-order valence-corrected chi connectivity index (χ4v) is 3.08. The molecular weight excluding hydrogens is 226 g/mol. The normalized spacial score (nSPS) is 23.4. The topological polar surface area (TPSA) is 35.6 Å². The molecule has 2 saturated heterocycles. The van der Waals surface area contributed by atoms with Gasteiger partial charge in [-0.1, -0.05) is 20.8 Å². The lowest BCUT2D eigenvalue weighted by atomic mass is 9.72. The third-order valence-corrected chi connectivity index (χ3v) is 4.40. The first kappa shape index (κ1) is 13.8. The van der Waals surface area contributed by atoms with Crippen molar-refractivity contribution in [3.63, 3.8) is 0 Å². The molecule has 1 N–H and O–H groups in total. The van der Waals surface area contributed by atoms with Gasteiger partial charge in [0, 0.05) is 32.2 Å². The molecule has 2 rings (SSSR count). The molecule has 0 bridgehead atoms. The van der Waals surface area contributed by atoms with E-state index in [9.17, 15) is 4.79 Å². The molecule has 0 aromatic carbocycles. The van der Waals surface area contributed by atoms with Gasteiger partial charge in [0.25, 0.3) is 0 Å². The molecule has 0 aromatic heterocycles. The monoisotopic (exact) mass is 253 g/mol. The minimum Gasteiger partial charge on any atom is -0.342 e. The van der Waals surface area contributed by atoms with Crippen LogP contribution < -0.4 is 5.32 Å². The summed E-state index contributed by atoms with van der Waals surface area (Å²) in [5.41, 5.74) is 0.540. The van der Waals surface area contributed by atoms with Gasteiger partial charge in [-0.3, -0.25) is 4.79 Å². The van der Waals surface area contributed by atoms with E-state index < -0.39 is 0 Å². The summed E-state index contributed by atoms with van der Waals surface area (Å²) < 4.78 is 0. The van der Waals surface area contributed by atoms with Crippen LogP contribution >= 0.6 is 0 Å². The summed E-state index contributed by atoms with van der Waals surface area (Å²) in [5, 5.41) is 3.21. The predicted molar refractivity (Wildman–Crippen MR) is 73.5 cm³/mol. The minimum atomic E-state index is 0.269. The fraction of sp³-hybridized carbons (Fsp3) is 0.929. The highest BCUT2D eigenvalue weighted by Gasteiger charge is 2.44. The van der Waals surface area contributed by atoms with E-state index in [1.165, 1.54) is 32.5 Å². The van der Waals surface area contributed by atoms with Gasteiger partial charge in [-0.05, 0) is 24.8 Å². The number of nitrogens with one attached hydrogen (secondary N) is 1. The van der Waals surface area contributed by atoms with Gasteiger partial charge in [-0.2, -0.15) is 0 Å². The molecular formula is C14H27N3O. The van der Waals surface area contributed by atoms with Gasteiger partial charge in [0.05, 0.1) is 6.54 Å². The van der Waals surface area contributed by atoms with Gasteiger partial charge < -0.3 is 15.1 Å². The molecule has 0 atom stereocenters. The van der Waals surface area contributed by atoms with Crippen LogP contribution in [-0.2, 0) is 4.79 Å². The summed E-state index contributed by atoms with van der Waals surface area (Å²) in [7, 11) is 0. The van der Waals surface area contributed by atoms with E-state index >= 15 is 0 Å². The highest BCUT2D eigenvalue weighted by molar-refractivity contribution is 5.78. The molecule has 2 fully saturated rings. The smallest absolute Gasteiger partial charge is 0.236 e. The summed E-state index contributed by atoms with van der Waals surface area (Å²) in [4.78, 5) is 16.5. The third kappa shape index (κ3) is 3.04. The second-order valence-electron chi connectivity index (χ2n) is 6.22. The van der Waals surface area contributed by atoms with Crippen LogP contribution in [0.1, 0.15) is 33.6 Å². The van der Waals surface area contributed by atoms with Crippen molar-refractivity contribution in [1.29, 1.82) is 0 Å². The number of hydrogen-bond donors (Lipinski definition) is 1. The van der Waals surface area contributed by atoms with E-state index in [0.717, 1.165) is 13.1 Å². The lowest BCUT2D eigenvalue weighted by Gasteiger charge is -2.54. The highest BCUT2D eigenvalue weighted by atomic mass is 16.2. The first-order valence-corrected chi connectivity index (χ1v) is 7.28. The Morgan fingerprint density at radius 3 is 2.39 bits per heavy atom. The SMILES string of the molecule is CCN1CC2(CCN(C(=O)CNC(C)C)CC2)C1. The summed E-state index contributed by atoms with van der Waals surface area (Å²) in [6.45, 7) is 12.4. The maximum atomic E-state index is 12.0. The molecule has 1 amide bonds. The molecule has 2 aliphatic heterocycles. The number of likely N-dealkylation sites (tertiary alicyclic amines) is 2. The van der Waals surface area contributed by atoms with Crippen LogP contribution in [0.25, 0.3) is 0 Å². The van der Waals surface area contributed by atoms with Gasteiger partial charge in [0.15, 0.2) is 0 Å². The van der Waals surface area contributed by atoms with Crippen molar-refractivity contribution in [2.24, 2.45) is 5.41 Å². The Labute approximate surface area is 111 Å². The van der Waals surface area contributed by atoms with Crippen LogP contribution in [0.2, 0.25) is 0 Å². The number of hydrogen-bond acceptors (Lipinski definition) is 3. The van der Waals surface area contributed by atoms with Crippen LogP contribution in [0.4, 0.5) is 0 Å². The zero-order chi connectivity index (χ0) is 13.2. The number of nitrogens with zero attached hydrogens (tertiary/aromatic N) is 2. The van der Waals surface area contributed by atoms with E-state index in [0.29, 0.717) is 18.0 Å². The van der Waals surface area contributed by atoms with Gasteiger partial charge in [0.1, 0.15) is 0 Å². The van der Waals surface area contributed by atoms with Crippen LogP contribution in [0.5, 0.6) is 0 Å². The van der Waals surface area contributed by atoms with Gasteiger partial charge in [-0.15, -0.1) is 0 Å². The molecule has 104 valence electrons. The zero-order valence-corrected chi connectivity index (χ0v) is 12.0. The largest absolute Gasteiger partial charge is 0.342 e. The van der Waals surface area contributed by atoms with E-state index in [1.807, 2.05) is 4.90 Å². The lowest BCUT2D eigenvalue weighted by molar-refractivity contribution is -0.135. The molecule has 4 nitrogen and oxygen atoms in total. The molecule has 0 aliphatic carbocycles. The van der Waals surface area contributed by atoms with Crippen molar-refractivity contribution in [1.82, 2.24) is 15.1 Å². The van der Waals surface area contributed by atoms with Crippen LogP contribution in [0, 0.1) is 5.41 Å². The Morgan fingerprint density at radius 1 is 1.28 bits per heavy atom. The first-order valence-electron chi connectivity index (χ1n) is 7.28. The van der Waals surface area contributed by atoms with E-state index in [4.69, 9.17) is 0 Å². The maximum Gasteiger partial charge on any atom is 0.236 e. The Morgan fingerprint density at radius 2 is 1.89 bits per heavy atom. The molecule has 0 aromatic rings. The van der Waals surface area contributed by atoms with Crippen molar-refractivity contribution in [3.05, 3.63) is 0 Å². The molecule has 2 heterocycles. The molecule has 4 heteroatoms. The zero-order valence-electron chi connectivity index (χ0n) is 12.0. The maximum absolute atomic E-state index is 12.0. The molecule has 0 radical (unpaired) electrons. The van der Waals surface area contributed by atoms with E-state index in [-0.39, 0.29) is 5.91 Å². The second-order valence-corrected chi connectivity index (χ2v) is 6.22. The number of rotatable bonds is 4. The number of amides is 1. The van der Waals surface area contributed by atoms with Crippen molar-refractivity contribution in [2.75, 3.05) is 39.3 Å². The van der Waals surface area contributed by atoms with Gasteiger partial charge in [0.2, 0.25) is 5.91 Å². The van der Waals surface area contributed by atoms with Crippen LogP contribution in [0.15, 0.2) is 0 Å². The number of carbonyl (C=O) groups is 1. The van der Waals surface area contributed by atoms with Crippen LogP contribution in [0.3, 0.4) is 0 Å². The van der Waals surface area contributed by atoms with Crippen molar-refractivity contribution in [3.8, 4) is 0 Å². The van der Waals surface area contributed by atoms with Crippen molar-refractivity contribution < 1.29 is 4.79 Å². The molecule has 1 spiro atoms. The molecule has 18 heavy (non-hydrogen) atoms. The average Bonchev–Trinajstić information content (AvgIpc) is 2.33. The number of carbonyl (C=O) groups excluding carboxylic acids is 1. The summed E-state index contributed by atoms with van der Waals surface area (Å²) in [6.07, 6.45) is 2.38. The van der Waals surface area contributed by atoms with E-state index in [2.05, 4.69) is 31.0 Å². The van der Waals surface area contributed by atoms with Crippen LogP contribution in [-0.4, -0.2) is 61.0 Å². The summed E-state index contributed by atoms with van der Waals surface area (Å²) in [6, 6.07) is 0.384. The standard InChI is InChI=1S/C14H27N3O/c1-4-16-10-14(11-16)5-7-17(8-6-14)13(18)9-15-12(2)3/h12,15H,4-11H2,1-3H3. The Balaban J connectivity index is 1.72. The predicted octanol–water partition coefficient (Wildman–Crippen LogP) is 0.929. The van der Waals surface area contributed by atoms with Gasteiger partial charge in [-0.25, -0.2) is 0 Å². The second kappa shape index (κ2) is 5.57. The minimum absolute atomic E-state index is 0.269. The molecule has 0 saturated carbocycles. The van der Waals surface area contributed by atoms with Gasteiger partial charge >= 0.3 is 0 Å². The highest BCUT2D eigenvalue weighted by Crippen LogP contribution is 2.39. The third-order valence-electron chi connectivity index (χ3n) is 4.40. The molecule has 0 unspecified atom stereocenters. The summed E-state index contributed by atoms with van der Waals surface area (Å²) in [5.74, 6) is 0.269. The Hall–Kier alpha value is -0.610. The van der Waals surface area contributed by atoms with Crippen molar-refractivity contribution >= 4 is 5.91 Å². The Bertz CT molecular complexity index is 287.